The summed E-state index contributed by atoms with van der Waals surface area (Å²) in [5.74, 6) is -1.59. The first-order valence-electron chi connectivity index (χ1n) is 11.3. The van der Waals surface area contributed by atoms with Crippen LogP contribution in [0, 0.1) is 24.1 Å². The number of halogens is 1. The topological polar surface area (TPSA) is 92.9 Å². The maximum Gasteiger partial charge on any atom is 0.261 e. The summed E-state index contributed by atoms with van der Waals surface area (Å²) in [6.45, 7) is 10.1. The normalized spacial score (nSPS) is 20.8. The van der Waals surface area contributed by atoms with Gasteiger partial charge in [-0.15, -0.1) is 0 Å². The highest BCUT2D eigenvalue weighted by molar-refractivity contribution is 6.12. The molecule has 1 saturated heterocycles. The van der Waals surface area contributed by atoms with Crippen LogP contribution >= 0.6 is 0 Å². The van der Waals surface area contributed by atoms with E-state index in [1.165, 1.54) is 25.4 Å². The number of anilines is 1. The first kappa shape index (κ1) is 23.5. The molecule has 0 radical (unpaired) electrons. The van der Waals surface area contributed by atoms with Gasteiger partial charge in [-0.2, -0.15) is 15.4 Å². The molecule has 3 heterocycles. The number of amides is 2. The molecule has 1 aromatic heterocycles. The van der Waals surface area contributed by atoms with Crippen LogP contribution in [-0.2, 0) is 4.79 Å². The lowest BCUT2D eigenvalue weighted by Gasteiger charge is -2.42. The first-order chi connectivity index (χ1) is 16.2. The third-order valence-electron chi connectivity index (χ3n) is 6.53. The summed E-state index contributed by atoms with van der Waals surface area (Å²) in [6.07, 6.45) is 2.90. The molecule has 2 amide bonds. The SMILES string of the molecule is Cc1c(C2C=NN(c3ccc(C(=O)N4CCN(C(C)C)C(C)C4)cn3)C2=O)ccc(C#N)c1F. The maximum atomic E-state index is 14.4. The Labute approximate surface area is 198 Å². The lowest BCUT2D eigenvalue weighted by Crippen LogP contribution is -2.55. The quantitative estimate of drug-likeness (QED) is 0.696. The van der Waals surface area contributed by atoms with E-state index in [-0.39, 0.29) is 34.8 Å². The van der Waals surface area contributed by atoms with Crippen molar-refractivity contribution in [2.45, 2.75) is 45.7 Å². The van der Waals surface area contributed by atoms with Crippen LogP contribution in [0.4, 0.5) is 10.2 Å². The van der Waals surface area contributed by atoms with Gasteiger partial charge in [-0.3, -0.25) is 14.5 Å². The lowest BCUT2D eigenvalue weighted by molar-refractivity contribution is -0.118. The van der Waals surface area contributed by atoms with Gasteiger partial charge in [0, 0.05) is 44.1 Å². The Bertz CT molecular complexity index is 1190. The summed E-state index contributed by atoms with van der Waals surface area (Å²) in [5, 5.41) is 14.3. The molecule has 2 unspecified atom stereocenters. The van der Waals surface area contributed by atoms with E-state index in [4.69, 9.17) is 5.26 Å². The van der Waals surface area contributed by atoms with E-state index in [0.29, 0.717) is 30.3 Å². The number of pyridine rings is 1. The fourth-order valence-corrected chi connectivity index (χ4v) is 4.64. The van der Waals surface area contributed by atoms with Crippen molar-refractivity contribution in [1.82, 2.24) is 14.8 Å². The molecule has 2 atom stereocenters. The third-order valence-corrected chi connectivity index (χ3v) is 6.53. The Morgan fingerprint density at radius 3 is 2.62 bits per heavy atom. The van der Waals surface area contributed by atoms with Crippen LogP contribution in [0.3, 0.4) is 0 Å². The average Bonchev–Trinajstić information content (AvgIpc) is 3.21. The number of rotatable bonds is 4. The smallest absolute Gasteiger partial charge is 0.261 e. The third kappa shape index (κ3) is 4.17. The zero-order valence-corrected chi connectivity index (χ0v) is 19.7. The van der Waals surface area contributed by atoms with Gasteiger partial charge in [-0.1, -0.05) is 6.07 Å². The van der Waals surface area contributed by atoms with Gasteiger partial charge in [0.25, 0.3) is 11.8 Å². The van der Waals surface area contributed by atoms with Crippen molar-refractivity contribution < 1.29 is 14.0 Å². The van der Waals surface area contributed by atoms with Crippen LogP contribution < -0.4 is 5.01 Å². The molecular weight excluding hydrogens is 435 g/mol. The van der Waals surface area contributed by atoms with E-state index in [1.807, 2.05) is 4.90 Å². The number of carbonyl (C=O) groups is 2. The summed E-state index contributed by atoms with van der Waals surface area (Å²) in [7, 11) is 0. The van der Waals surface area contributed by atoms with E-state index in [1.54, 1.807) is 24.3 Å². The Kier molecular flexibility index (Phi) is 6.44. The van der Waals surface area contributed by atoms with E-state index in [0.717, 1.165) is 11.6 Å². The fourth-order valence-electron chi connectivity index (χ4n) is 4.64. The second-order valence-electron chi connectivity index (χ2n) is 8.98. The number of hydrogen-bond donors (Lipinski definition) is 0. The van der Waals surface area contributed by atoms with Crippen LogP contribution in [0.2, 0.25) is 0 Å². The Balaban J connectivity index is 1.47. The number of benzene rings is 1. The van der Waals surface area contributed by atoms with Crippen molar-refractivity contribution in [2.24, 2.45) is 5.10 Å². The van der Waals surface area contributed by atoms with Gasteiger partial charge in [-0.25, -0.2) is 9.37 Å². The average molecular weight is 463 g/mol. The van der Waals surface area contributed by atoms with E-state index >= 15 is 0 Å². The second kappa shape index (κ2) is 9.31. The summed E-state index contributed by atoms with van der Waals surface area (Å²) < 4.78 is 14.4. The molecule has 0 saturated carbocycles. The van der Waals surface area contributed by atoms with Gasteiger partial charge < -0.3 is 4.90 Å². The first-order valence-corrected chi connectivity index (χ1v) is 11.3. The maximum absolute atomic E-state index is 14.4. The predicted molar refractivity (Wildman–Crippen MR) is 126 cm³/mol. The Morgan fingerprint density at radius 1 is 1.24 bits per heavy atom. The van der Waals surface area contributed by atoms with Gasteiger partial charge in [0.05, 0.1) is 11.1 Å². The second-order valence-corrected chi connectivity index (χ2v) is 8.98. The van der Waals surface area contributed by atoms with Crippen molar-refractivity contribution in [3.63, 3.8) is 0 Å². The highest BCUT2D eigenvalue weighted by Gasteiger charge is 2.34. The monoisotopic (exact) mass is 462 g/mol. The van der Waals surface area contributed by atoms with Crippen molar-refractivity contribution in [3.8, 4) is 6.07 Å². The molecule has 1 fully saturated rings. The number of hydrogen-bond acceptors (Lipinski definition) is 6. The zero-order valence-electron chi connectivity index (χ0n) is 19.7. The summed E-state index contributed by atoms with van der Waals surface area (Å²) >= 11 is 0. The Morgan fingerprint density at radius 2 is 2.00 bits per heavy atom. The minimum atomic E-state index is -0.774. The van der Waals surface area contributed by atoms with Gasteiger partial charge in [0.2, 0.25) is 0 Å². The molecule has 0 bridgehead atoms. The molecule has 1 aromatic carbocycles. The number of nitriles is 1. The molecule has 2 aromatic rings. The molecule has 4 rings (SSSR count). The fraction of sp³-hybridized carbons (Fsp3) is 0.400. The minimum absolute atomic E-state index is 0.0672. The number of nitrogens with zero attached hydrogens (tertiary/aromatic N) is 6. The minimum Gasteiger partial charge on any atom is -0.336 e. The van der Waals surface area contributed by atoms with Crippen LogP contribution in [0.15, 0.2) is 35.6 Å². The molecular formula is C25H27FN6O2. The molecule has 0 spiro atoms. The molecule has 8 nitrogen and oxygen atoms in total. The van der Waals surface area contributed by atoms with Crippen molar-refractivity contribution in [3.05, 3.63) is 58.5 Å². The van der Waals surface area contributed by atoms with Gasteiger partial charge in [0.1, 0.15) is 17.8 Å². The molecule has 176 valence electrons. The van der Waals surface area contributed by atoms with E-state index in [2.05, 4.69) is 35.8 Å². The number of hydrazone groups is 1. The summed E-state index contributed by atoms with van der Waals surface area (Å²) in [6, 6.07) is 8.67. The molecule has 0 aliphatic carbocycles. The van der Waals surface area contributed by atoms with Crippen LogP contribution in [0.25, 0.3) is 0 Å². The lowest BCUT2D eigenvalue weighted by atomic mass is 9.93. The molecule has 34 heavy (non-hydrogen) atoms. The highest BCUT2D eigenvalue weighted by Crippen LogP contribution is 2.30. The number of piperazine rings is 1. The van der Waals surface area contributed by atoms with Crippen molar-refractivity contribution in [1.29, 1.82) is 5.26 Å². The number of carbonyl (C=O) groups excluding carboxylic acids is 2. The largest absolute Gasteiger partial charge is 0.336 e. The van der Waals surface area contributed by atoms with Crippen LogP contribution in [0.1, 0.15) is 53.7 Å². The van der Waals surface area contributed by atoms with Crippen LogP contribution in [-0.4, -0.2) is 64.5 Å². The highest BCUT2D eigenvalue weighted by atomic mass is 19.1. The standard InChI is InChI=1S/C25H27FN6O2/c1-15(2)31-10-9-30(14-16(31)3)24(33)19-6-8-22(28-12-19)32-25(34)21(13-29-32)20-7-5-18(11-27)23(26)17(20)4/h5-8,12-13,15-16,21H,9-10,14H2,1-4H3. The van der Waals surface area contributed by atoms with Gasteiger partial charge in [-0.05, 0) is 57.0 Å². The summed E-state index contributed by atoms with van der Waals surface area (Å²) in [4.78, 5) is 34.5. The van der Waals surface area contributed by atoms with Crippen molar-refractivity contribution >= 4 is 23.8 Å². The molecule has 2 aliphatic rings. The predicted octanol–water partition coefficient (Wildman–Crippen LogP) is 3.07. The molecule has 9 heteroatoms. The number of aromatic nitrogens is 1. The molecule has 0 N–H and O–H groups in total. The Hall–Kier alpha value is -3.64. The van der Waals surface area contributed by atoms with Crippen LogP contribution in [0.5, 0.6) is 0 Å². The molecule has 2 aliphatic heterocycles. The van der Waals surface area contributed by atoms with Gasteiger partial charge in [0.15, 0.2) is 5.82 Å². The zero-order chi connectivity index (χ0) is 24.6. The van der Waals surface area contributed by atoms with Crippen molar-refractivity contribution in [2.75, 3.05) is 24.6 Å². The van der Waals surface area contributed by atoms with Gasteiger partial charge >= 0.3 is 0 Å². The van der Waals surface area contributed by atoms with E-state index in [9.17, 15) is 14.0 Å². The summed E-state index contributed by atoms with van der Waals surface area (Å²) in [5.41, 5.74) is 1.08. The van der Waals surface area contributed by atoms with E-state index < -0.39 is 11.7 Å².